The third-order valence-corrected chi connectivity index (χ3v) is 3.38. The molecule has 0 radical (unpaired) electrons. The number of carbonyl (C=O) groups excluding carboxylic acids is 1. The number of benzene rings is 1. The highest BCUT2D eigenvalue weighted by atomic mass is 16.1. The lowest BCUT2D eigenvalue weighted by Crippen LogP contribution is -2.24. The first-order valence-corrected chi connectivity index (χ1v) is 7.53. The molecule has 0 aliphatic carbocycles. The van der Waals surface area contributed by atoms with Gasteiger partial charge in [0.1, 0.15) is 11.5 Å². The molecule has 1 amide bonds. The number of nitrogens with one attached hydrogen (secondary N) is 2. The third-order valence-electron chi connectivity index (χ3n) is 3.38. The van der Waals surface area contributed by atoms with Crippen molar-refractivity contribution in [2.24, 2.45) is 0 Å². The van der Waals surface area contributed by atoms with Gasteiger partial charge in [0.05, 0.1) is 12.4 Å². The van der Waals surface area contributed by atoms with Crippen molar-refractivity contribution in [3.05, 3.63) is 78.0 Å². The van der Waals surface area contributed by atoms with E-state index >= 15 is 0 Å². The summed E-state index contributed by atoms with van der Waals surface area (Å²) in [6.07, 6.45) is 6.39. The van der Waals surface area contributed by atoms with E-state index in [1.165, 1.54) is 11.8 Å². The van der Waals surface area contributed by atoms with Gasteiger partial charge in [-0.1, -0.05) is 23.8 Å². The van der Waals surface area contributed by atoms with Crippen LogP contribution in [0.25, 0.3) is 0 Å². The van der Waals surface area contributed by atoms with Crippen LogP contribution in [0.2, 0.25) is 0 Å². The standard InChI is InChI=1S/C18H17N5O/c1-13-4-6-15(7-5-13)23-17-12-20-16(11-21-17)18(24)22-10-14-3-2-8-19-9-14/h2-9,11-12H,10H2,1H3,(H,21,23)(H,22,24). The van der Waals surface area contributed by atoms with Crippen LogP contribution in [0.1, 0.15) is 21.6 Å². The van der Waals surface area contributed by atoms with E-state index in [0.29, 0.717) is 12.4 Å². The number of nitrogens with zero attached hydrogens (tertiary/aromatic N) is 3. The van der Waals surface area contributed by atoms with Crippen molar-refractivity contribution in [3.8, 4) is 0 Å². The lowest BCUT2D eigenvalue weighted by Gasteiger charge is -2.07. The van der Waals surface area contributed by atoms with Crippen LogP contribution >= 0.6 is 0 Å². The molecule has 3 aromatic rings. The van der Waals surface area contributed by atoms with E-state index in [1.54, 1.807) is 18.6 Å². The molecule has 0 bridgehead atoms. The van der Waals surface area contributed by atoms with E-state index in [1.807, 2.05) is 43.3 Å². The molecule has 6 heteroatoms. The zero-order valence-corrected chi connectivity index (χ0v) is 13.2. The number of pyridine rings is 1. The fraction of sp³-hybridized carbons (Fsp3) is 0.111. The zero-order chi connectivity index (χ0) is 16.8. The number of amides is 1. The minimum absolute atomic E-state index is 0.270. The maximum absolute atomic E-state index is 12.1. The summed E-state index contributed by atoms with van der Waals surface area (Å²) in [6.45, 7) is 2.43. The number of hydrogen-bond donors (Lipinski definition) is 2. The quantitative estimate of drug-likeness (QED) is 0.756. The molecule has 2 N–H and O–H groups in total. The second-order valence-corrected chi connectivity index (χ2v) is 5.32. The number of rotatable bonds is 5. The number of hydrogen-bond acceptors (Lipinski definition) is 5. The summed E-state index contributed by atoms with van der Waals surface area (Å²) in [4.78, 5) is 24.5. The summed E-state index contributed by atoms with van der Waals surface area (Å²) < 4.78 is 0. The first-order chi connectivity index (χ1) is 11.7. The van der Waals surface area contributed by atoms with Crippen LogP contribution in [0.5, 0.6) is 0 Å². The van der Waals surface area contributed by atoms with Gasteiger partial charge in [-0.15, -0.1) is 0 Å². The number of aryl methyl sites for hydroxylation is 1. The average molecular weight is 319 g/mol. The Balaban J connectivity index is 1.59. The molecule has 3 rings (SSSR count). The number of aromatic nitrogens is 3. The van der Waals surface area contributed by atoms with Crippen molar-refractivity contribution in [2.45, 2.75) is 13.5 Å². The molecule has 0 saturated carbocycles. The van der Waals surface area contributed by atoms with E-state index in [4.69, 9.17) is 0 Å². The van der Waals surface area contributed by atoms with Crippen molar-refractivity contribution in [2.75, 3.05) is 5.32 Å². The van der Waals surface area contributed by atoms with Gasteiger partial charge < -0.3 is 10.6 Å². The summed E-state index contributed by atoms with van der Waals surface area (Å²) in [6, 6.07) is 11.7. The lowest BCUT2D eigenvalue weighted by atomic mass is 10.2. The van der Waals surface area contributed by atoms with E-state index in [0.717, 1.165) is 11.3 Å². The van der Waals surface area contributed by atoms with Crippen molar-refractivity contribution < 1.29 is 4.79 Å². The Bertz CT molecular complexity index is 801. The smallest absolute Gasteiger partial charge is 0.271 e. The van der Waals surface area contributed by atoms with Crippen LogP contribution in [0, 0.1) is 6.92 Å². The van der Waals surface area contributed by atoms with Crippen LogP contribution in [0.3, 0.4) is 0 Å². The Kier molecular flexibility index (Phi) is 4.76. The Morgan fingerprint density at radius 2 is 1.88 bits per heavy atom. The summed E-state index contributed by atoms with van der Waals surface area (Å²) in [5.41, 5.74) is 3.31. The second kappa shape index (κ2) is 7.32. The van der Waals surface area contributed by atoms with Crippen molar-refractivity contribution in [1.82, 2.24) is 20.3 Å². The molecule has 0 saturated heterocycles. The SMILES string of the molecule is Cc1ccc(Nc2cnc(C(=O)NCc3cccnc3)cn2)cc1. The van der Waals surface area contributed by atoms with Gasteiger partial charge in [-0.3, -0.25) is 9.78 Å². The molecule has 0 fully saturated rings. The van der Waals surface area contributed by atoms with Gasteiger partial charge in [0.15, 0.2) is 0 Å². The summed E-state index contributed by atoms with van der Waals surface area (Å²) in [5.74, 6) is 0.316. The molecule has 0 aliphatic heterocycles. The topological polar surface area (TPSA) is 79.8 Å². The van der Waals surface area contributed by atoms with Crippen LogP contribution in [-0.2, 0) is 6.54 Å². The molecule has 120 valence electrons. The fourth-order valence-electron chi connectivity index (χ4n) is 2.07. The average Bonchev–Trinajstić information content (AvgIpc) is 2.63. The first-order valence-electron chi connectivity index (χ1n) is 7.53. The maximum Gasteiger partial charge on any atom is 0.271 e. The fourth-order valence-corrected chi connectivity index (χ4v) is 2.07. The first kappa shape index (κ1) is 15.6. The van der Waals surface area contributed by atoms with Crippen LogP contribution in [0.4, 0.5) is 11.5 Å². The highest BCUT2D eigenvalue weighted by Gasteiger charge is 2.08. The molecule has 0 spiro atoms. The van der Waals surface area contributed by atoms with Crippen LogP contribution < -0.4 is 10.6 Å². The van der Waals surface area contributed by atoms with Crippen LogP contribution in [0.15, 0.2) is 61.2 Å². The molecular formula is C18H17N5O. The molecule has 6 nitrogen and oxygen atoms in total. The predicted molar refractivity (Wildman–Crippen MR) is 91.9 cm³/mol. The van der Waals surface area contributed by atoms with Gasteiger partial charge in [-0.2, -0.15) is 0 Å². The summed E-state index contributed by atoms with van der Waals surface area (Å²) >= 11 is 0. The number of carbonyl (C=O) groups is 1. The summed E-state index contributed by atoms with van der Waals surface area (Å²) in [5, 5.41) is 5.93. The second-order valence-electron chi connectivity index (χ2n) is 5.32. The van der Waals surface area contributed by atoms with Gasteiger partial charge in [0.25, 0.3) is 5.91 Å². The Hall–Kier alpha value is -3.28. The normalized spacial score (nSPS) is 10.2. The van der Waals surface area contributed by atoms with Crippen molar-refractivity contribution in [3.63, 3.8) is 0 Å². The minimum atomic E-state index is -0.270. The largest absolute Gasteiger partial charge is 0.347 e. The summed E-state index contributed by atoms with van der Waals surface area (Å²) in [7, 11) is 0. The van der Waals surface area contributed by atoms with Gasteiger partial charge in [-0.05, 0) is 30.7 Å². The highest BCUT2D eigenvalue weighted by molar-refractivity contribution is 5.92. The number of anilines is 2. The predicted octanol–water partition coefficient (Wildman–Crippen LogP) is 2.85. The molecule has 0 unspecified atom stereocenters. The maximum atomic E-state index is 12.1. The molecule has 1 aromatic carbocycles. The zero-order valence-electron chi connectivity index (χ0n) is 13.2. The van der Waals surface area contributed by atoms with Gasteiger partial charge in [0, 0.05) is 24.6 Å². The van der Waals surface area contributed by atoms with E-state index in [-0.39, 0.29) is 11.6 Å². The molecule has 2 heterocycles. The Morgan fingerprint density at radius 3 is 2.54 bits per heavy atom. The van der Waals surface area contributed by atoms with Gasteiger partial charge in [-0.25, -0.2) is 9.97 Å². The van der Waals surface area contributed by atoms with Crippen molar-refractivity contribution >= 4 is 17.4 Å². The van der Waals surface area contributed by atoms with Crippen molar-refractivity contribution in [1.29, 1.82) is 0 Å². The minimum Gasteiger partial charge on any atom is -0.347 e. The lowest BCUT2D eigenvalue weighted by molar-refractivity contribution is 0.0945. The van der Waals surface area contributed by atoms with Crippen LogP contribution in [-0.4, -0.2) is 20.9 Å². The highest BCUT2D eigenvalue weighted by Crippen LogP contribution is 2.14. The molecule has 24 heavy (non-hydrogen) atoms. The molecular weight excluding hydrogens is 302 g/mol. The Labute approximate surface area is 140 Å². The Morgan fingerprint density at radius 1 is 1.04 bits per heavy atom. The monoisotopic (exact) mass is 319 g/mol. The van der Waals surface area contributed by atoms with E-state index in [9.17, 15) is 4.79 Å². The third kappa shape index (κ3) is 4.13. The molecule has 2 aromatic heterocycles. The van der Waals surface area contributed by atoms with E-state index < -0.39 is 0 Å². The molecule has 0 atom stereocenters. The molecule has 0 aliphatic rings. The van der Waals surface area contributed by atoms with E-state index in [2.05, 4.69) is 25.6 Å². The van der Waals surface area contributed by atoms with Gasteiger partial charge in [0.2, 0.25) is 0 Å². The van der Waals surface area contributed by atoms with Gasteiger partial charge >= 0.3 is 0 Å².